The fourth-order valence-corrected chi connectivity index (χ4v) is 3.26. The molecule has 1 N–H and O–H groups in total. The largest absolute Gasteiger partial charge is 0.393 e. The smallest absolute Gasteiger partial charge is 0.0594 e. The zero-order chi connectivity index (χ0) is 11.5. The molecule has 0 radical (unpaired) electrons. The standard InChI is InChI=1S/C13H25NO2/c1-10(2)12-4-3-11(15)9-13(12)14-5-7-16-8-6-14/h10-13,15H,3-9H2,1-2H3. The molecular formula is C13H25NO2. The van der Waals surface area contributed by atoms with Crippen LogP contribution in [-0.2, 0) is 4.74 Å². The monoisotopic (exact) mass is 227 g/mol. The van der Waals surface area contributed by atoms with Crippen LogP contribution in [-0.4, -0.2) is 48.5 Å². The van der Waals surface area contributed by atoms with E-state index in [2.05, 4.69) is 18.7 Å². The van der Waals surface area contributed by atoms with Crippen molar-refractivity contribution in [2.45, 2.75) is 45.3 Å². The maximum absolute atomic E-state index is 9.85. The number of aliphatic hydroxyl groups is 1. The predicted molar refractivity (Wildman–Crippen MR) is 64.4 cm³/mol. The van der Waals surface area contributed by atoms with Gasteiger partial charge in [-0.1, -0.05) is 13.8 Å². The Bertz CT molecular complexity index is 214. The van der Waals surface area contributed by atoms with E-state index in [0.29, 0.717) is 6.04 Å². The van der Waals surface area contributed by atoms with Crippen molar-refractivity contribution in [3.63, 3.8) is 0 Å². The molecule has 0 aromatic heterocycles. The van der Waals surface area contributed by atoms with Crippen LogP contribution in [0, 0.1) is 11.8 Å². The summed E-state index contributed by atoms with van der Waals surface area (Å²) in [6.07, 6.45) is 3.05. The Labute approximate surface area is 98.8 Å². The number of morpholine rings is 1. The highest BCUT2D eigenvalue weighted by molar-refractivity contribution is 4.89. The molecule has 3 heteroatoms. The van der Waals surface area contributed by atoms with E-state index >= 15 is 0 Å². The Hall–Kier alpha value is -0.120. The molecule has 0 aromatic carbocycles. The lowest BCUT2D eigenvalue weighted by molar-refractivity contribution is -0.0384. The number of aliphatic hydroxyl groups excluding tert-OH is 1. The molecule has 3 unspecified atom stereocenters. The normalized spacial score (nSPS) is 37.9. The van der Waals surface area contributed by atoms with Crippen LogP contribution < -0.4 is 0 Å². The van der Waals surface area contributed by atoms with E-state index in [9.17, 15) is 5.11 Å². The zero-order valence-electron chi connectivity index (χ0n) is 10.6. The molecule has 1 heterocycles. The summed E-state index contributed by atoms with van der Waals surface area (Å²) in [5.74, 6) is 1.47. The number of nitrogens with zero attached hydrogens (tertiary/aromatic N) is 1. The number of hydrogen-bond acceptors (Lipinski definition) is 3. The lowest BCUT2D eigenvalue weighted by atomic mass is 9.76. The summed E-state index contributed by atoms with van der Waals surface area (Å²) in [5, 5.41) is 9.85. The van der Waals surface area contributed by atoms with Crippen molar-refractivity contribution >= 4 is 0 Å². The molecule has 2 rings (SSSR count). The highest BCUT2D eigenvalue weighted by Crippen LogP contribution is 2.34. The van der Waals surface area contributed by atoms with E-state index in [1.54, 1.807) is 0 Å². The van der Waals surface area contributed by atoms with Crippen LogP contribution in [0.3, 0.4) is 0 Å². The van der Waals surface area contributed by atoms with Gasteiger partial charge in [0.2, 0.25) is 0 Å². The summed E-state index contributed by atoms with van der Waals surface area (Å²) in [6.45, 7) is 8.43. The van der Waals surface area contributed by atoms with Crippen LogP contribution >= 0.6 is 0 Å². The second kappa shape index (κ2) is 5.48. The molecule has 3 atom stereocenters. The summed E-state index contributed by atoms with van der Waals surface area (Å²) >= 11 is 0. The lowest BCUT2D eigenvalue weighted by Crippen LogP contribution is -2.51. The van der Waals surface area contributed by atoms with Gasteiger partial charge in [-0.2, -0.15) is 0 Å². The third-order valence-electron chi connectivity index (χ3n) is 4.21. The summed E-state index contributed by atoms with van der Waals surface area (Å²) in [6, 6.07) is 0.577. The van der Waals surface area contributed by atoms with Gasteiger partial charge in [-0.15, -0.1) is 0 Å². The maximum atomic E-state index is 9.85. The fourth-order valence-electron chi connectivity index (χ4n) is 3.26. The fraction of sp³-hybridized carbons (Fsp3) is 1.00. The first-order valence-corrected chi connectivity index (χ1v) is 6.68. The van der Waals surface area contributed by atoms with Gasteiger partial charge >= 0.3 is 0 Å². The highest BCUT2D eigenvalue weighted by Gasteiger charge is 2.35. The summed E-state index contributed by atoms with van der Waals surface area (Å²) in [4.78, 5) is 2.54. The predicted octanol–water partition coefficient (Wildman–Crippen LogP) is 1.50. The molecular weight excluding hydrogens is 202 g/mol. The van der Waals surface area contributed by atoms with Gasteiger partial charge in [-0.05, 0) is 31.1 Å². The van der Waals surface area contributed by atoms with Gasteiger partial charge < -0.3 is 9.84 Å². The van der Waals surface area contributed by atoms with Crippen molar-refractivity contribution in [3.05, 3.63) is 0 Å². The third-order valence-corrected chi connectivity index (χ3v) is 4.21. The van der Waals surface area contributed by atoms with Crippen molar-refractivity contribution in [2.24, 2.45) is 11.8 Å². The molecule has 16 heavy (non-hydrogen) atoms. The second-order valence-corrected chi connectivity index (χ2v) is 5.59. The molecule has 0 bridgehead atoms. The first kappa shape index (κ1) is 12.3. The molecule has 1 aliphatic heterocycles. The average molecular weight is 227 g/mol. The minimum Gasteiger partial charge on any atom is -0.393 e. The first-order chi connectivity index (χ1) is 7.68. The molecule has 1 aliphatic carbocycles. The Kier molecular flexibility index (Phi) is 4.22. The van der Waals surface area contributed by atoms with Gasteiger partial charge in [-0.3, -0.25) is 4.90 Å². The Balaban J connectivity index is 2.00. The van der Waals surface area contributed by atoms with E-state index in [-0.39, 0.29) is 6.10 Å². The third kappa shape index (κ3) is 2.76. The van der Waals surface area contributed by atoms with Gasteiger partial charge in [0.15, 0.2) is 0 Å². The zero-order valence-corrected chi connectivity index (χ0v) is 10.6. The second-order valence-electron chi connectivity index (χ2n) is 5.59. The molecule has 1 saturated carbocycles. The van der Waals surface area contributed by atoms with Crippen molar-refractivity contribution in [1.82, 2.24) is 4.90 Å². The Morgan fingerprint density at radius 1 is 1.19 bits per heavy atom. The van der Waals surface area contributed by atoms with E-state index in [0.717, 1.165) is 51.0 Å². The van der Waals surface area contributed by atoms with E-state index in [1.807, 2.05) is 0 Å². The molecule has 0 amide bonds. The van der Waals surface area contributed by atoms with Gasteiger partial charge in [0.1, 0.15) is 0 Å². The number of rotatable bonds is 2. The number of ether oxygens (including phenoxy) is 1. The first-order valence-electron chi connectivity index (χ1n) is 6.68. The molecule has 2 aliphatic rings. The molecule has 3 nitrogen and oxygen atoms in total. The Morgan fingerprint density at radius 3 is 2.50 bits per heavy atom. The summed E-state index contributed by atoms with van der Waals surface area (Å²) in [7, 11) is 0. The maximum Gasteiger partial charge on any atom is 0.0594 e. The van der Waals surface area contributed by atoms with Crippen LogP contribution in [0.2, 0.25) is 0 Å². The SMILES string of the molecule is CC(C)C1CCC(O)CC1N1CCOCC1. The minimum absolute atomic E-state index is 0.0807. The van der Waals surface area contributed by atoms with Crippen LogP contribution in [0.15, 0.2) is 0 Å². The molecule has 94 valence electrons. The average Bonchev–Trinajstić information content (AvgIpc) is 2.29. The lowest BCUT2D eigenvalue weighted by Gasteiger charge is -2.44. The van der Waals surface area contributed by atoms with Gasteiger partial charge in [-0.25, -0.2) is 0 Å². The van der Waals surface area contributed by atoms with Crippen LogP contribution in [0.1, 0.15) is 33.1 Å². The molecule has 0 spiro atoms. The highest BCUT2D eigenvalue weighted by atomic mass is 16.5. The van der Waals surface area contributed by atoms with Gasteiger partial charge in [0.05, 0.1) is 19.3 Å². The van der Waals surface area contributed by atoms with Crippen LogP contribution in [0.4, 0.5) is 0 Å². The van der Waals surface area contributed by atoms with E-state index < -0.39 is 0 Å². The topological polar surface area (TPSA) is 32.7 Å². The van der Waals surface area contributed by atoms with Crippen LogP contribution in [0.25, 0.3) is 0 Å². The molecule has 2 fully saturated rings. The number of hydrogen-bond donors (Lipinski definition) is 1. The summed E-state index contributed by atoms with van der Waals surface area (Å²) in [5.41, 5.74) is 0. The van der Waals surface area contributed by atoms with E-state index in [4.69, 9.17) is 4.74 Å². The van der Waals surface area contributed by atoms with E-state index in [1.165, 1.54) is 6.42 Å². The molecule has 0 aromatic rings. The molecule has 1 saturated heterocycles. The summed E-state index contributed by atoms with van der Waals surface area (Å²) < 4.78 is 5.41. The van der Waals surface area contributed by atoms with Crippen molar-refractivity contribution in [2.75, 3.05) is 26.3 Å². The van der Waals surface area contributed by atoms with Crippen molar-refractivity contribution < 1.29 is 9.84 Å². The van der Waals surface area contributed by atoms with Gasteiger partial charge in [0, 0.05) is 19.1 Å². The van der Waals surface area contributed by atoms with Crippen molar-refractivity contribution in [1.29, 1.82) is 0 Å². The minimum atomic E-state index is -0.0807. The quantitative estimate of drug-likeness (QED) is 0.776. The van der Waals surface area contributed by atoms with Crippen molar-refractivity contribution in [3.8, 4) is 0 Å². The Morgan fingerprint density at radius 2 is 1.88 bits per heavy atom. The van der Waals surface area contributed by atoms with Gasteiger partial charge in [0.25, 0.3) is 0 Å². The van der Waals surface area contributed by atoms with Crippen LogP contribution in [0.5, 0.6) is 0 Å².